The number of rotatable bonds is 3. The molecule has 0 heterocycles. The van der Waals surface area contributed by atoms with E-state index in [1.54, 1.807) is 0 Å². The molecule has 2 nitrogen and oxygen atoms in total. The Morgan fingerprint density at radius 3 is 2.61 bits per heavy atom. The molecule has 0 spiro atoms. The van der Waals surface area contributed by atoms with Crippen LogP contribution in [-0.2, 0) is 0 Å². The van der Waals surface area contributed by atoms with Crippen LogP contribution in [0.5, 0.6) is 5.75 Å². The predicted molar refractivity (Wildman–Crippen MR) is 80.5 cm³/mol. The summed E-state index contributed by atoms with van der Waals surface area (Å²) in [4.78, 5) is 0. The van der Waals surface area contributed by atoms with Crippen molar-refractivity contribution in [2.45, 2.75) is 18.4 Å². The third kappa shape index (κ3) is 2.63. The average Bonchev–Trinajstić information content (AvgIpc) is 3.07. The maximum absolute atomic E-state index is 6.02. The molecule has 96 valence electrons. The Morgan fingerprint density at radius 2 is 1.89 bits per heavy atom. The summed E-state index contributed by atoms with van der Waals surface area (Å²) in [6.07, 6.45) is 2.14. The van der Waals surface area contributed by atoms with E-state index in [2.05, 4.69) is 34.1 Å². The number of ether oxygens (including phenoxy) is 1. The lowest BCUT2D eigenvalue weighted by Crippen LogP contribution is -2.29. The van der Waals surface area contributed by atoms with Gasteiger partial charge in [0.1, 0.15) is 12.4 Å². The van der Waals surface area contributed by atoms with Gasteiger partial charge in [-0.15, -0.1) is 12.4 Å². The van der Waals surface area contributed by atoms with E-state index in [-0.39, 0.29) is 17.9 Å². The van der Waals surface area contributed by atoms with Crippen LogP contribution in [-0.4, -0.2) is 12.1 Å². The fourth-order valence-electron chi connectivity index (χ4n) is 1.85. The molecule has 18 heavy (non-hydrogen) atoms. The summed E-state index contributed by atoms with van der Waals surface area (Å²) >= 11 is 3.60. The Balaban J connectivity index is 0.00000120. The molecule has 1 aliphatic carbocycles. The molecule has 2 N–H and O–H groups in total. The highest BCUT2D eigenvalue weighted by molar-refractivity contribution is 9.10. The van der Waals surface area contributed by atoms with E-state index in [1.807, 2.05) is 18.2 Å². The zero-order valence-corrected chi connectivity index (χ0v) is 12.3. The van der Waals surface area contributed by atoms with E-state index < -0.39 is 0 Å². The number of fused-ring (bicyclic) bond motifs is 1. The van der Waals surface area contributed by atoms with Crippen LogP contribution in [0.15, 0.2) is 40.9 Å². The van der Waals surface area contributed by atoms with Crippen LogP contribution in [0, 0.1) is 0 Å². The zero-order valence-electron chi connectivity index (χ0n) is 9.86. The minimum atomic E-state index is -0.0783. The Labute approximate surface area is 121 Å². The molecule has 4 heteroatoms. The van der Waals surface area contributed by atoms with E-state index >= 15 is 0 Å². The predicted octanol–water partition coefficient (Wildman–Crippen LogP) is 3.89. The van der Waals surface area contributed by atoms with Crippen molar-refractivity contribution >= 4 is 39.1 Å². The summed E-state index contributed by atoms with van der Waals surface area (Å²) in [7, 11) is 0. The second kappa shape index (κ2) is 5.08. The van der Waals surface area contributed by atoms with E-state index in [0.717, 1.165) is 23.1 Å². The van der Waals surface area contributed by atoms with Gasteiger partial charge in [0.05, 0.1) is 10.0 Å². The van der Waals surface area contributed by atoms with Gasteiger partial charge in [0.15, 0.2) is 0 Å². The Morgan fingerprint density at radius 1 is 1.17 bits per heavy atom. The van der Waals surface area contributed by atoms with Gasteiger partial charge in [0, 0.05) is 0 Å². The molecule has 0 radical (unpaired) electrons. The van der Waals surface area contributed by atoms with Crippen molar-refractivity contribution in [1.82, 2.24) is 0 Å². The van der Waals surface area contributed by atoms with E-state index in [0.29, 0.717) is 6.61 Å². The first-order valence-corrected chi connectivity index (χ1v) is 6.56. The highest BCUT2D eigenvalue weighted by atomic mass is 79.9. The quantitative estimate of drug-likeness (QED) is 0.927. The fourth-order valence-corrected chi connectivity index (χ4v) is 2.46. The summed E-state index contributed by atoms with van der Waals surface area (Å²) in [5.74, 6) is 0.875. The zero-order chi connectivity index (χ0) is 11.9. The summed E-state index contributed by atoms with van der Waals surface area (Å²) in [5, 5.41) is 2.38. The van der Waals surface area contributed by atoms with Gasteiger partial charge >= 0.3 is 0 Å². The Kier molecular flexibility index (Phi) is 3.85. The smallest absolute Gasteiger partial charge is 0.134 e. The number of hydrogen-bond acceptors (Lipinski definition) is 2. The second-order valence-electron chi connectivity index (χ2n) is 4.75. The lowest BCUT2D eigenvalue weighted by Gasteiger charge is -2.13. The highest BCUT2D eigenvalue weighted by Gasteiger charge is 2.39. The second-order valence-corrected chi connectivity index (χ2v) is 5.54. The van der Waals surface area contributed by atoms with Crippen LogP contribution in [0.25, 0.3) is 10.8 Å². The summed E-state index contributed by atoms with van der Waals surface area (Å²) in [5.41, 5.74) is 5.94. The molecule has 2 aromatic rings. The van der Waals surface area contributed by atoms with Gasteiger partial charge in [-0.1, -0.05) is 30.3 Å². The normalized spacial score (nSPS) is 16.1. The lowest BCUT2D eigenvalue weighted by molar-refractivity contribution is 0.278. The van der Waals surface area contributed by atoms with E-state index in [4.69, 9.17) is 10.5 Å². The van der Waals surface area contributed by atoms with Gasteiger partial charge in [-0.2, -0.15) is 0 Å². The van der Waals surface area contributed by atoms with Gasteiger partial charge in [0.2, 0.25) is 0 Å². The molecule has 1 fully saturated rings. The molecule has 0 aliphatic heterocycles. The summed E-state index contributed by atoms with van der Waals surface area (Å²) in [6, 6.07) is 12.3. The van der Waals surface area contributed by atoms with Gasteiger partial charge in [-0.3, -0.25) is 0 Å². The number of benzene rings is 2. The molecule has 0 saturated heterocycles. The molecule has 0 unspecified atom stereocenters. The molecular weight excluding hydrogens is 314 g/mol. The molecule has 0 atom stereocenters. The molecule has 0 aromatic heterocycles. The first-order valence-electron chi connectivity index (χ1n) is 5.77. The average molecular weight is 329 g/mol. The van der Waals surface area contributed by atoms with Crippen molar-refractivity contribution in [3.8, 4) is 5.75 Å². The third-order valence-corrected chi connectivity index (χ3v) is 4.05. The molecule has 0 bridgehead atoms. The third-order valence-electron chi connectivity index (χ3n) is 3.24. The van der Waals surface area contributed by atoms with Crippen molar-refractivity contribution in [1.29, 1.82) is 0 Å². The fraction of sp³-hybridized carbons (Fsp3) is 0.286. The van der Waals surface area contributed by atoms with Crippen molar-refractivity contribution < 1.29 is 4.74 Å². The minimum Gasteiger partial charge on any atom is -0.490 e. The van der Waals surface area contributed by atoms with Crippen LogP contribution < -0.4 is 10.5 Å². The largest absolute Gasteiger partial charge is 0.490 e. The number of halogens is 2. The number of nitrogens with two attached hydrogens (primary N) is 1. The SMILES string of the molecule is Cl.NC1(COc2ccc3ccccc3c2Br)CC1. The van der Waals surface area contributed by atoms with Crippen molar-refractivity contribution in [3.63, 3.8) is 0 Å². The maximum atomic E-state index is 6.02. The molecule has 2 aromatic carbocycles. The van der Waals surface area contributed by atoms with Gasteiger partial charge in [-0.05, 0) is 45.6 Å². The van der Waals surface area contributed by atoms with Crippen LogP contribution >= 0.6 is 28.3 Å². The van der Waals surface area contributed by atoms with Crippen LogP contribution in [0.2, 0.25) is 0 Å². The van der Waals surface area contributed by atoms with Gasteiger partial charge in [0.25, 0.3) is 0 Å². The molecule has 3 rings (SSSR count). The summed E-state index contributed by atoms with van der Waals surface area (Å²) < 4.78 is 6.81. The van der Waals surface area contributed by atoms with Crippen molar-refractivity contribution in [3.05, 3.63) is 40.9 Å². The molecule has 0 amide bonds. The van der Waals surface area contributed by atoms with E-state index in [9.17, 15) is 0 Å². The lowest BCUT2D eigenvalue weighted by atomic mass is 10.1. The van der Waals surface area contributed by atoms with E-state index in [1.165, 1.54) is 10.8 Å². The topological polar surface area (TPSA) is 35.2 Å². The van der Waals surface area contributed by atoms with Crippen LogP contribution in [0.3, 0.4) is 0 Å². The van der Waals surface area contributed by atoms with Crippen LogP contribution in [0.4, 0.5) is 0 Å². The van der Waals surface area contributed by atoms with Crippen molar-refractivity contribution in [2.24, 2.45) is 5.73 Å². The first-order chi connectivity index (χ1) is 8.18. The maximum Gasteiger partial charge on any atom is 0.134 e. The molecule has 1 saturated carbocycles. The summed E-state index contributed by atoms with van der Waals surface area (Å²) in [6.45, 7) is 0.601. The Hall–Kier alpha value is -0.770. The minimum absolute atomic E-state index is 0. The molecular formula is C14H15BrClNO. The van der Waals surface area contributed by atoms with Gasteiger partial charge < -0.3 is 10.5 Å². The number of hydrogen-bond donors (Lipinski definition) is 1. The van der Waals surface area contributed by atoms with Gasteiger partial charge in [-0.25, -0.2) is 0 Å². The Bertz CT molecular complexity index is 569. The first kappa shape index (κ1) is 13.7. The van der Waals surface area contributed by atoms with Crippen molar-refractivity contribution in [2.75, 3.05) is 6.61 Å². The highest BCUT2D eigenvalue weighted by Crippen LogP contribution is 2.36. The monoisotopic (exact) mass is 327 g/mol. The van der Waals surface area contributed by atoms with Crippen LogP contribution in [0.1, 0.15) is 12.8 Å². The molecule has 1 aliphatic rings. The standard InChI is InChI=1S/C14H14BrNO.ClH/c15-13-11-4-2-1-3-10(11)5-6-12(13)17-9-14(16)7-8-14;/h1-6H,7-9,16H2;1H.